The average molecular weight is 397 g/mol. The second-order valence-corrected chi connectivity index (χ2v) is 7.02. The smallest absolute Gasteiger partial charge is 0.251 e. The molecule has 1 amide bonds. The van der Waals surface area contributed by atoms with Crippen molar-refractivity contribution in [2.45, 2.75) is 6.92 Å². The van der Waals surface area contributed by atoms with Crippen molar-refractivity contribution in [3.63, 3.8) is 0 Å². The van der Waals surface area contributed by atoms with E-state index in [9.17, 15) is 9.18 Å². The van der Waals surface area contributed by atoms with E-state index in [4.69, 9.17) is 0 Å². The van der Waals surface area contributed by atoms with Gasteiger partial charge in [-0.3, -0.25) is 9.79 Å². The number of benzene rings is 2. The normalized spacial score (nSPS) is 14.7. The minimum atomic E-state index is -0.187. The molecule has 2 N–H and O–H groups in total. The van der Waals surface area contributed by atoms with Crippen LogP contribution in [-0.4, -0.2) is 63.1 Å². The fourth-order valence-electron chi connectivity index (χ4n) is 3.44. The van der Waals surface area contributed by atoms with E-state index in [0.29, 0.717) is 24.3 Å². The number of hydrogen-bond donors (Lipinski definition) is 2. The predicted molar refractivity (Wildman–Crippen MR) is 115 cm³/mol. The van der Waals surface area contributed by atoms with Crippen LogP contribution >= 0.6 is 0 Å². The van der Waals surface area contributed by atoms with Crippen molar-refractivity contribution in [1.82, 2.24) is 15.5 Å². The molecule has 1 heterocycles. The molecule has 29 heavy (non-hydrogen) atoms. The Kier molecular flexibility index (Phi) is 7.05. The molecule has 2 aromatic rings. The molecule has 154 valence electrons. The van der Waals surface area contributed by atoms with Gasteiger partial charge >= 0.3 is 0 Å². The van der Waals surface area contributed by atoms with E-state index in [0.717, 1.165) is 37.7 Å². The summed E-state index contributed by atoms with van der Waals surface area (Å²) in [5, 5.41) is 6.21. The summed E-state index contributed by atoms with van der Waals surface area (Å²) in [6.07, 6.45) is 0. The summed E-state index contributed by atoms with van der Waals surface area (Å²) in [4.78, 5) is 20.7. The number of nitrogens with one attached hydrogen (secondary N) is 2. The van der Waals surface area contributed by atoms with Gasteiger partial charge in [0.25, 0.3) is 5.91 Å². The Morgan fingerprint density at radius 1 is 1.03 bits per heavy atom. The van der Waals surface area contributed by atoms with Gasteiger partial charge in [0.2, 0.25) is 0 Å². The van der Waals surface area contributed by atoms with Gasteiger partial charge < -0.3 is 20.4 Å². The van der Waals surface area contributed by atoms with E-state index >= 15 is 0 Å². The number of para-hydroxylation sites is 1. The molecule has 1 saturated heterocycles. The van der Waals surface area contributed by atoms with Crippen LogP contribution < -0.4 is 15.5 Å². The summed E-state index contributed by atoms with van der Waals surface area (Å²) in [6.45, 7) is 6.01. The number of anilines is 1. The molecule has 6 nitrogen and oxygen atoms in total. The van der Waals surface area contributed by atoms with Crippen LogP contribution in [0.15, 0.2) is 53.5 Å². The third-order valence-electron chi connectivity index (χ3n) is 4.96. The molecule has 0 unspecified atom stereocenters. The molecule has 0 aliphatic carbocycles. The number of rotatable bonds is 5. The molecule has 2 aromatic carbocycles. The first-order valence-corrected chi connectivity index (χ1v) is 9.88. The molecule has 0 aromatic heterocycles. The number of aliphatic imine (C=N–C) groups is 1. The van der Waals surface area contributed by atoms with Crippen molar-refractivity contribution < 1.29 is 9.18 Å². The van der Waals surface area contributed by atoms with E-state index in [1.807, 2.05) is 43.3 Å². The zero-order chi connectivity index (χ0) is 20.6. The van der Waals surface area contributed by atoms with Crippen LogP contribution in [0.5, 0.6) is 0 Å². The number of nitrogens with zero attached hydrogens (tertiary/aromatic N) is 3. The fourth-order valence-corrected chi connectivity index (χ4v) is 3.44. The molecular formula is C22H28FN5O. The minimum Gasteiger partial charge on any atom is -0.366 e. The van der Waals surface area contributed by atoms with Crippen molar-refractivity contribution >= 4 is 17.6 Å². The Bertz CT molecular complexity index is 862. The Labute approximate surface area is 171 Å². The van der Waals surface area contributed by atoms with Gasteiger partial charge in [-0.1, -0.05) is 29.8 Å². The molecule has 7 heteroatoms. The van der Waals surface area contributed by atoms with Crippen LogP contribution in [0.4, 0.5) is 10.1 Å². The highest BCUT2D eigenvalue weighted by atomic mass is 19.1. The first kappa shape index (κ1) is 20.6. The number of halogens is 1. The highest BCUT2D eigenvalue weighted by Gasteiger charge is 2.21. The predicted octanol–water partition coefficient (Wildman–Crippen LogP) is 2.26. The summed E-state index contributed by atoms with van der Waals surface area (Å²) >= 11 is 0. The SMILES string of the molecule is CN=C(NCCNC(=O)c1cccc(C)c1)N1CCN(c2ccccc2F)CC1. The van der Waals surface area contributed by atoms with E-state index in [2.05, 4.69) is 25.4 Å². The molecule has 1 aliphatic rings. The topological polar surface area (TPSA) is 60.0 Å². The Morgan fingerprint density at radius 3 is 2.45 bits per heavy atom. The molecule has 1 fully saturated rings. The largest absolute Gasteiger partial charge is 0.366 e. The van der Waals surface area contributed by atoms with Gasteiger partial charge in [-0.05, 0) is 31.2 Å². The van der Waals surface area contributed by atoms with Crippen molar-refractivity contribution in [2.24, 2.45) is 4.99 Å². The van der Waals surface area contributed by atoms with Crippen molar-refractivity contribution in [3.05, 3.63) is 65.5 Å². The molecular weight excluding hydrogens is 369 g/mol. The Morgan fingerprint density at radius 2 is 1.76 bits per heavy atom. The fraction of sp³-hybridized carbons (Fsp3) is 0.364. The Hall–Kier alpha value is -3.09. The summed E-state index contributed by atoms with van der Waals surface area (Å²) in [6, 6.07) is 14.4. The van der Waals surface area contributed by atoms with Crippen LogP contribution in [0, 0.1) is 12.7 Å². The summed E-state index contributed by atoms with van der Waals surface area (Å²) in [5.41, 5.74) is 2.37. The summed E-state index contributed by atoms with van der Waals surface area (Å²) in [7, 11) is 1.75. The maximum atomic E-state index is 14.0. The minimum absolute atomic E-state index is 0.0796. The van der Waals surface area contributed by atoms with E-state index in [1.54, 1.807) is 13.1 Å². The van der Waals surface area contributed by atoms with Crippen molar-refractivity contribution in [3.8, 4) is 0 Å². The highest BCUT2D eigenvalue weighted by molar-refractivity contribution is 5.94. The first-order valence-electron chi connectivity index (χ1n) is 9.88. The molecule has 0 spiro atoms. The lowest BCUT2D eigenvalue weighted by molar-refractivity contribution is 0.0954. The average Bonchev–Trinajstić information content (AvgIpc) is 2.74. The third-order valence-corrected chi connectivity index (χ3v) is 4.96. The second kappa shape index (κ2) is 9.91. The van der Waals surface area contributed by atoms with Crippen molar-refractivity contribution in [2.75, 3.05) is 51.2 Å². The lowest BCUT2D eigenvalue weighted by Gasteiger charge is -2.37. The van der Waals surface area contributed by atoms with Gasteiger partial charge in [-0.15, -0.1) is 0 Å². The second-order valence-electron chi connectivity index (χ2n) is 7.02. The molecule has 0 bridgehead atoms. The zero-order valence-electron chi connectivity index (χ0n) is 17.0. The quantitative estimate of drug-likeness (QED) is 0.462. The molecule has 0 saturated carbocycles. The number of piperazine rings is 1. The van der Waals surface area contributed by atoms with Crippen LogP contribution in [0.2, 0.25) is 0 Å². The van der Waals surface area contributed by atoms with Crippen LogP contribution in [0.25, 0.3) is 0 Å². The zero-order valence-corrected chi connectivity index (χ0v) is 17.0. The first-order chi connectivity index (χ1) is 14.1. The number of amides is 1. The number of guanidine groups is 1. The van der Waals surface area contributed by atoms with Crippen LogP contribution in [-0.2, 0) is 0 Å². The van der Waals surface area contributed by atoms with Gasteiger partial charge in [-0.25, -0.2) is 4.39 Å². The van der Waals surface area contributed by atoms with Gasteiger partial charge in [0.1, 0.15) is 5.82 Å². The number of carbonyl (C=O) groups is 1. The molecule has 1 aliphatic heterocycles. The van der Waals surface area contributed by atoms with Gasteiger partial charge in [0.05, 0.1) is 5.69 Å². The maximum absolute atomic E-state index is 14.0. The number of hydrogen-bond acceptors (Lipinski definition) is 3. The lowest BCUT2D eigenvalue weighted by Crippen LogP contribution is -2.53. The van der Waals surface area contributed by atoms with Gasteiger partial charge in [0.15, 0.2) is 5.96 Å². The number of aryl methyl sites for hydroxylation is 1. The standard InChI is InChI=1S/C22H28FN5O/c1-17-6-5-7-18(16-17)21(29)25-10-11-26-22(24-2)28-14-12-27(13-15-28)20-9-4-3-8-19(20)23/h3-9,16H,10-15H2,1-2H3,(H,24,26)(H,25,29). The van der Waals surface area contributed by atoms with Gasteiger partial charge in [-0.2, -0.15) is 0 Å². The van der Waals surface area contributed by atoms with E-state index in [-0.39, 0.29) is 11.7 Å². The maximum Gasteiger partial charge on any atom is 0.251 e. The molecule has 0 radical (unpaired) electrons. The van der Waals surface area contributed by atoms with Crippen molar-refractivity contribution in [1.29, 1.82) is 0 Å². The molecule has 3 rings (SSSR count). The number of carbonyl (C=O) groups excluding carboxylic acids is 1. The summed E-state index contributed by atoms with van der Waals surface area (Å²) < 4.78 is 14.0. The third kappa shape index (κ3) is 5.47. The monoisotopic (exact) mass is 397 g/mol. The van der Waals surface area contributed by atoms with Crippen LogP contribution in [0.1, 0.15) is 15.9 Å². The van der Waals surface area contributed by atoms with E-state index in [1.165, 1.54) is 6.07 Å². The summed E-state index contributed by atoms with van der Waals surface area (Å²) in [5.74, 6) is 0.528. The molecule has 0 atom stereocenters. The van der Waals surface area contributed by atoms with Gasteiger partial charge in [0, 0.05) is 51.9 Å². The highest BCUT2D eigenvalue weighted by Crippen LogP contribution is 2.20. The lowest BCUT2D eigenvalue weighted by atomic mass is 10.1. The van der Waals surface area contributed by atoms with E-state index < -0.39 is 0 Å². The van der Waals surface area contributed by atoms with Crippen LogP contribution in [0.3, 0.4) is 0 Å². The Balaban J connectivity index is 1.43.